The molecule has 0 aliphatic rings. The van der Waals surface area contributed by atoms with Crippen LogP contribution in [0.5, 0.6) is 0 Å². The SMILES string of the molecule is CCn1c(=O)[nH]c2scc(-c3cccs3)c2c1=O. The minimum atomic E-state index is -0.338. The van der Waals surface area contributed by atoms with Gasteiger partial charge in [-0.25, -0.2) is 4.79 Å². The van der Waals surface area contributed by atoms with E-state index in [9.17, 15) is 9.59 Å². The highest BCUT2D eigenvalue weighted by Gasteiger charge is 2.14. The average molecular weight is 278 g/mol. The predicted molar refractivity (Wildman–Crippen MR) is 75.7 cm³/mol. The van der Waals surface area contributed by atoms with Crippen LogP contribution in [0, 0.1) is 0 Å². The first-order chi connectivity index (χ1) is 8.72. The Balaban J connectivity index is 2.44. The first kappa shape index (κ1) is 11.4. The van der Waals surface area contributed by atoms with Gasteiger partial charge in [-0.05, 0) is 18.4 Å². The van der Waals surface area contributed by atoms with Crippen molar-refractivity contribution in [2.45, 2.75) is 13.5 Å². The first-order valence-corrected chi connectivity index (χ1v) is 7.26. The molecule has 0 aromatic carbocycles. The molecule has 3 heterocycles. The van der Waals surface area contributed by atoms with Gasteiger partial charge in [0.1, 0.15) is 4.83 Å². The summed E-state index contributed by atoms with van der Waals surface area (Å²) < 4.78 is 1.23. The average Bonchev–Trinajstić information content (AvgIpc) is 2.96. The first-order valence-electron chi connectivity index (χ1n) is 5.50. The maximum atomic E-state index is 12.3. The fraction of sp³-hybridized carbons (Fsp3) is 0.167. The molecule has 0 amide bonds. The fourth-order valence-electron chi connectivity index (χ4n) is 1.95. The molecule has 6 heteroatoms. The zero-order valence-electron chi connectivity index (χ0n) is 9.60. The Morgan fingerprint density at radius 1 is 1.33 bits per heavy atom. The molecule has 4 nitrogen and oxygen atoms in total. The van der Waals surface area contributed by atoms with Crippen LogP contribution in [0.15, 0.2) is 32.5 Å². The van der Waals surface area contributed by atoms with Crippen LogP contribution in [0.2, 0.25) is 0 Å². The fourth-order valence-corrected chi connectivity index (χ4v) is 3.72. The highest BCUT2D eigenvalue weighted by molar-refractivity contribution is 7.18. The Kier molecular flexibility index (Phi) is 2.68. The van der Waals surface area contributed by atoms with E-state index >= 15 is 0 Å². The largest absolute Gasteiger partial charge is 0.329 e. The number of rotatable bonds is 2. The van der Waals surface area contributed by atoms with E-state index in [4.69, 9.17) is 0 Å². The Morgan fingerprint density at radius 2 is 2.17 bits per heavy atom. The molecule has 0 atom stereocenters. The second-order valence-corrected chi connectivity index (χ2v) is 5.64. The lowest BCUT2D eigenvalue weighted by atomic mass is 10.2. The van der Waals surface area contributed by atoms with E-state index in [0.717, 1.165) is 10.4 Å². The van der Waals surface area contributed by atoms with Crippen LogP contribution in [0.4, 0.5) is 0 Å². The van der Waals surface area contributed by atoms with Crippen LogP contribution in [0.1, 0.15) is 6.92 Å². The molecule has 0 radical (unpaired) electrons. The van der Waals surface area contributed by atoms with Crippen LogP contribution in [0.25, 0.3) is 20.7 Å². The topological polar surface area (TPSA) is 54.9 Å². The summed E-state index contributed by atoms with van der Waals surface area (Å²) in [6.45, 7) is 2.17. The zero-order chi connectivity index (χ0) is 12.7. The molecule has 0 unspecified atom stereocenters. The molecule has 92 valence electrons. The van der Waals surface area contributed by atoms with Gasteiger partial charge in [0, 0.05) is 22.4 Å². The second kappa shape index (κ2) is 4.22. The van der Waals surface area contributed by atoms with Crippen molar-refractivity contribution in [3.63, 3.8) is 0 Å². The summed E-state index contributed by atoms with van der Waals surface area (Å²) in [7, 11) is 0. The quantitative estimate of drug-likeness (QED) is 0.783. The molecule has 0 fully saturated rings. The van der Waals surface area contributed by atoms with E-state index in [1.807, 2.05) is 22.9 Å². The highest BCUT2D eigenvalue weighted by atomic mass is 32.1. The third-order valence-corrected chi connectivity index (χ3v) is 4.62. The summed E-state index contributed by atoms with van der Waals surface area (Å²) in [5, 5.41) is 4.51. The summed E-state index contributed by atoms with van der Waals surface area (Å²) in [5.41, 5.74) is 0.365. The van der Waals surface area contributed by atoms with Gasteiger partial charge >= 0.3 is 5.69 Å². The van der Waals surface area contributed by atoms with Crippen molar-refractivity contribution < 1.29 is 0 Å². The summed E-state index contributed by atoms with van der Waals surface area (Å²) in [4.78, 5) is 28.5. The van der Waals surface area contributed by atoms with Crippen molar-refractivity contribution in [3.8, 4) is 10.4 Å². The molecule has 0 spiro atoms. The molecule has 0 aliphatic heterocycles. The number of nitrogens with zero attached hydrogens (tertiary/aromatic N) is 1. The highest BCUT2D eigenvalue weighted by Crippen LogP contribution is 2.32. The Labute approximate surface area is 110 Å². The number of aromatic amines is 1. The molecule has 0 saturated heterocycles. The number of hydrogen-bond acceptors (Lipinski definition) is 4. The maximum absolute atomic E-state index is 12.3. The smallest absolute Gasteiger partial charge is 0.298 e. The summed E-state index contributed by atoms with van der Waals surface area (Å²) in [6, 6.07) is 3.93. The van der Waals surface area contributed by atoms with Gasteiger partial charge in [0.25, 0.3) is 5.56 Å². The van der Waals surface area contributed by atoms with Gasteiger partial charge in [0.2, 0.25) is 0 Å². The number of thiophene rings is 2. The van der Waals surface area contributed by atoms with Crippen molar-refractivity contribution in [3.05, 3.63) is 43.7 Å². The van der Waals surface area contributed by atoms with Gasteiger partial charge in [-0.1, -0.05) is 6.07 Å². The van der Waals surface area contributed by atoms with E-state index in [0.29, 0.717) is 16.8 Å². The normalized spacial score (nSPS) is 11.2. The third-order valence-electron chi connectivity index (χ3n) is 2.82. The lowest BCUT2D eigenvalue weighted by Gasteiger charge is -2.01. The molecule has 18 heavy (non-hydrogen) atoms. The lowest BCUT2D eigenvalue weighted by Crippen LogP contribution is -2.34. The molecular formula is C12H10N2O2S2. The summed E-state index contributed by atoms with van der Waals surface area (Å²) in [6.07, 6.45) is 0. The lowest BCUT2D eigenvalue weighted by molar-refractivity contribution is 0.685. The van der Waals surface area contributed by atoms with Crippen LogP contribution in [0.3, 0.4) is 0 Å². The minimum absolute atomic E-state index is 0.207. The standard InChI is InChI=1S/C12H10N2O2S2/c1-2-14-11(15)9-7(8-4-3-5-17-8)6-18-10(9)13-12(14)16/h3-6H,2H2,1H3,(H,13,16). The number of aromatic nitrogens is 2. The van der Waals surface area contributed by atoms with Gasteiger partial charge in [0.05, 0.1) is 5.39 Å². The van der Waals surface area contributed by atoms with Crippen molar-refractivity contribution in [1.82, 2.24) is 9.55 Å². The minimum Gasteiger partial charge on any atom is -0.298 e. The molecular weight excluding hydrogens is 268 g/mol. The molecule has 3 aromatic heterocycles. The van der Waals surface area contributed by atoms with Gasteiger partial charge in [-0.15, -0.1) is 22.7 Å². The number of nitrogens with one attached hydrogen (secondary N) is 1. The van der Waals surface area contributed by atoms with E-state index < -0.39 is 0 Å². The molecule has 1 N–H and O–H groups in total. The summed E-state index contributed by atoms with van der Waals surface area (Å²) >= 11 is 2.99. The van der Waals surface area contributed by atoms with Gasteiger partial charge in [-0.2, -0.15) is 0 Å². The predicted octanol–water partition coefficient (Wildman–Crippen LogP) is 2.50. The van der Waals surface area contributed by atoms with Crippen molar-refractivity contribution >= 4 is 32.9 Å². The number of hydrogen-bond donors (Lipinski definition) is 1. The number of H-pyrrole nitrogens is 1. The molecule has 0 bridgehead atoms. The molecule has 0 aliphatic carbocycles. The third kappa shape index (κ3) is 1.57. The van der Waals surface area contributed by atoms with E-state index in [-0.39, 0.29) is 11.2 Å². The summed E-state index contributed by atoms with van der Waals surface area (Å²) in [5.74, 6) is 0. The van der Waals surface area contributed by atoms with Crippen molar-refractivity contribution in [2.24, 2.45) is 0 Å². The molecule has 3 rings (SSSR count). The Hall–Kier alpha value is -1.66. The van der Waals surface area contributed by atoms with Crippen LogP contribution in [-0.2, 0) is 6.54 Å². The maximum Gasteiger partial charge on any atom is 0.329 e. The zero-order valence-corrected chi connectivity index (χ0v) is 11.2. The van der Waals surface area contributed by atoms with E-state index in [2.05, 4.69) is 4.98 Å². The monoisotopic (exact) mass is 278 g/mol. The van der Waals surface area contributed by atoms with E-state index in [1.54, 1.807) is 18.3 Å². The van der Waals surface area contributed by atoms with Gasteiger partial charge in [-0.3, -0.25) is 14.3 Å². The Morgan fingerprint density at radius 3 is 2.83 bits per heavy atom. The van der Waals surface area contributed by atoms with E-state index in [1.165, 1.54) is 15.9 Å². The van der Waals surface area contributed by atoms with Crippen LogP contribution >= 0.6 is 22.7 Å². The Bertz CT molecular complexity index is 809. The van der Waals surface area contributed by atoms with Gasteiger partial charge in [0.15, 0.2) is 0 Å². The molecule has 0 saturated carbocycles. The van der Waals surface area contributed by atoms with Crippen molar-refractivity contribution in [1.29, 1.82) is 0 Å². The number of fused-ring (bicyclic) bond motifs is 1. The molecule has 3 aromatic rings. The van der Waals surface area contributed by atoms with Crippen molar-refractivity contribution in [2.75, 3.05) is 0 Å². The van der Waals surface area contributed by atoms with Crippen LogP contribution in [-0.4, -0.2) is 9.55 Å². The second-order valence-electron chi connectivity index (χ2n) is 3.81. The van der Waals surface area contributed by atoms with Gasteiger partial charge < -0.3 is 0 Å². The van der Waals surface area contributed by atoms with Crippen LogP contribution < -0.4 is 11.2 Å².